The Balaban J connectivity index is 2.23. The Morgan fingerprint density at radius 3 is 2.62 bits per heavy atom. The standard InChI is InChI=1S/C17H12Cl2N2O4S/c1-2-25-17(24)12-5-9(7-20)16(21-15(12)23)26-8-14(22)11-4-3-10(18)6-13(11)19/h3-6H,2,8H2,1H3,(H,21,23). The summed E-state index contributed by atoms with van der Waals surface area (Å²) in [5.74, 6) is -1.17. The first-order valence-corrected chi connectivity index (χ1v) is 9.07. The minimum Gasteiger partial charge on any atom is -0.462 e. The number of Topliss-reactive ketones (excluding diaryl/α,β-unsaturated/α-hetero) is 1. The summed E-state index contributed by atoms with van der Waals surface area (Å²) in [5, 5.41) is 10.1. The van der Waals surface area contributed by atoms with E-state index in [2.05, 4.69) is 4.98 Å². The largest absolute Gasteiger partial charge is 0.462 e. The molecule has 2 rings (SSSR count). The molecule has 134 valence electrons. The second kappa shape index (κ2) is 8.90. The van der Waals surface area contributed by atoms with Crippen molar-refractivity contribution in [3.63, 3.8) is 0 Å². The molecule has 0 bridgehead atoms. The van der Waals surface area contributed by atoms with Crippen molar-refractivity contribution in [2.75, 3.05) is 12.4 Å². The molecule has 0 radical (unpaired) electrons. The highest BCUT2D eigenvalue weighted by Crippen LogP contribution is 2.25. The van der Waals surface area contributed by atoms with E-state index in [0.29, 0.717) is 5.02 Å². The summed E-state index contributed by atoms with van der Waals surface area (Å²) in [5.41, 5.74) is -0.609. The molecule has 0 unspecified atom stereocenters. The summed E-state index contributed by atoms with van der Waals surface area (Å²) in [6.07, 6.45) is 0. The number of benzene rings is 1. The first-order valence-electron chi connectivity index (χ1n) is 7.33. The van der Waals surface area contributed by atoms with Crippen LogP contribution in [0.2, 0.25) is 10.0 Å². The Hall–Kier alpha value is -2.27. The van der Waals surface area contributed by atoms with Crippen molar-refractivity contribution in [1.29, 1.82) is 5.26 Å². The summed E-state index contributed by atoms with van der Waals surface area (Å²) in [6.45, 7) is 1.71. The molecule has 1 N–H and O–H groups in total. The normalized spacial score (nSPS) is 10.2. The molecule has 1 heterocycles. The van der Waals surface area contributed by atoms with Crippen LogP contribution in [0.1, 0.15) is 33.2 Å². The fourth-order valence-corrected chi connectivity index (χ4v) is 3.37. The second-order valence-corrected chi connectivity index (χ2v) is 6.75. The number of hydrogen-bond donors (Lipinski definition) is 1. The zero-order valence-corrected chi connectivity index (χ0v) is 15.8. The van der Waals surface area contributed by atoms with E-state index in [1.807, 2.05) is 6.07 Å². The van der Waals surface area contributed by atoms with Crippen LogP contribution in [0.4, 0.5) is 0 Å². The predicted octanol–water partition coefficient (Wildman–Crippen LogP) is 3.71. The molecular weight excluding hydrogens is 399 g/mol. The lowest BCUT2D eigenvalue weighted by Gasteiger charge is -2.07. The number of aromatic nitrogens is 1. The molecule has 1 aromatic carbocycles. The maximum Gasteiger partial charge on any atom is 0.343 e. The average molecular weight is 411 g/mol. The van der Waals surface area contributed by atoms with Crippen LogP contribution < -0.4 is 5.56 Å². The molecule has 6 nitrogen and oxygen atoms in total. The van der Waals surface area contributed by atoms with E-state index in [1.165, 1.54) is 12.1 Å². The van der Waals surface area contributed by atoms with Crippen molar-refractivity contribution in [1.82, 2.24) is 4.98 Å². The van der Waals surface area contributed by atoms with Crippen molar-refractivity contribution in [3.05, 3.63) is 61.4 Å². The number of esters is 1. The first-order chi connectivity index (χ1) is 12.4. The number of hydrogen-bond acceptors (Lipinski definition) is 6. The maximum atomic E-state index is 12.3. The highest BCUT2D eigenvalue weighted by molar-refractivity contribution is 8.00. The number of carbonyl (C=O) groups is 2. The molecule has 0 aliphatic heterocycles. The molecule has 0 saturated carbocycles. The third-order valence-corrected chi connectivity index (χ3v) is 4.76. The average Bonchev–Trinajstić information content (AvgIpc) is 2.59. The van der Waals surface area contributed by atoms with Crippen LogP contribution in [0.15, 0.2) is 34.1 Å². The minimum atomic E-state index is -0.814. The lowest BCUT2D eigenvalue weighted by Crippen LogP contribution is -2.21. The molecule has 1 aromatic heterocycles. The fraction of sp³-hybridized carbons (Fsp3) is 0.176. The Labute approximate surface area is 163 Å². The number of ketones is 1. The van der Waals surface area contributed by atoms with E-state index in [1.54, 1.807) is 13.0 Å². The molecule has 2 aromatic rings. The van der Waals surface area contributed by atoms with Gasteiger partial charge in [-0.2, -0.15) is 5.26 Å². The zero-order chi connectivity index (χ0) is 19.3. The van der Waals surface area contributed by atoms with Gasteiger partial charge in [0, 0.05) is 10.6 Å². The van der Waals surface area contributed by atoms with E-state index in [9.17, 15) is 19.6 Å². The van der Waals surface area contributed by atoms with Crippen molar-refractivity contribution in [2.45, 2.75) is 11.9 Å². The number of thioether (sulfide) groups is 1. The number of rotatable bonds is 6. The van der Waals surface area contributed by atoms with E-state index in [4.69, 9.17) is 27.9 Å². The van der Waals surface area contributed by atoms with Gasteiger partial charge < -0.3 is 9.72 Å². The van der Waals surface area contributed by atoms with Gasteiger partial charge in [-0.3, -0.25) is 9.59 Å². The number of H-pyrrole nitrogens is 1. The van der Waals surface area contributed by atoms with E-state index in [0.717, 1.165) is 17.8 Å². The predicted molar refractivity (Wildman–Crippen MR) is 99.3 cm³/mol. The summed E-state index contributed by atoms with van der Waals surface area (Å²) >= 11 is 12.8. The van der Waals surface area contributed by atoms with Crippen LogP contribution in [-0.4, -0.2) is 29.1 Å². The number of aromatic amines is 1. The van der Waals surface area contributed by atoms with Crippen LogP contribution in [0.5, 0.6) is 0 Å². The van der Waals surface area contributed by atoms with E-state index >= 15 is 0 Å². The van der Waals surface area contributed by atoms with Gasteiger partial charge in [0.05, 0.1) is 28.0 Å². The number of ether oxygens (including phenoxy) is 1. The van der Waals surface area contributed by atoms with Crippen LogP contribution >= 0.6 is 35.0 Å². The molecule has 0 atom stereocenters. The number of pyridine rings is 1. The van der Waals surface area contributed by atoms with Crippen molar-refractivity contribution < 1.29 is 14.3 Å². The SMILES string of the molecule is CCOC(=O)c1cc(C#N)c(SCC(=O)c2ccc(Cl)cc2Cl)[nH]c1=O. The van der Waals surface area contributed by atoms with Gasteiger partial charge in [0.2, 0.25) is 0 Å². The van der Waals surface area contributed by atoms with Gasteiger partial charge >= 0.3 is 5.97 Å². The van der Waals surface area contributed by atoms with E-state index in [-0.39, 0.29) is 44.9 Å². The zero-order valence-electron chi connectivity index (χ0n) is 13.5. The molecule has 0 saturated heterocycles. The minimum absolute atomic E-state index is 0.0626. The topological polar surface area (TPSA) is 100 Å². The van der Waals surface area contributed by atoms with Crippen LogP contribution in [0.3, 0.4) is 0 Å². The molecule has 0 spiro atoms. The lowest BCUT2D eigenvalue weighted by molar-refractivity contribution is 0.0524. The number of halogens is 2. The number of carbonyl (C=O) groups excluding carboxylic acids is 2. The van der Waals surface area contributed by atoms with Crippen molar-refractivity contribution >= 4 is 46.7 Å². The quantitative estimate of drug-likeness (QED) is 0.442. The van der Waals surface area contributed by atoms with Gasteiger partial charge in [0.25, 0.3) is 5.56 Å². The van der Waals surface area contributed by atoms with Gasteiger partial charge in [-0.25, -0.2) is 4.79 Å². The molecule has 9 heteroatoms. The molecule has 0 aliphatic carbocycles. The Bertz CT molecular complexity index is 966. The van der Waals surface area contributed by atoms with Crippen LogP contribution in [0.25, 0.3) is 0 Å². The fourth-order valence-electron chi connectivity index (χ4n) is 2.00. The molecule has 0 aliphatic rings. The maximum absolute atomic E-state index is 12.3. The Morgan fingerprint density at radius 1 is 1.27 bits per heavy atom. The van der Waals surface area contributed by atoms with Crippen molar-refractivity contribution in [2.24, 2.45) is 0 Å². The summed E-state index contributed by atoms with van der Waals surface area (Å²) in [7, 11) is 0. The number of nitriles is 1. The van der Waals surface area contributed by atoms with Gasteiger partial charge in [0.1, 0.15) is 11.6 Å². The van der Waals surface area contributed by atoms with E-state index < -0.39 is 11.5 Å². The van der Waals surface area contributed by atoms with Gasteiger partial charge in [-0.15, -0.1) is 0 Å². The van der Waals surface area contributed by atoms with Gasteiger partial charge in [0.15, 0.2) is 5.78 Å². The van der Waals surface area contributed by atoms with Gasteiger partial charge in [-0.05, 0) is 31.2 Å². The monoisotopic (exact) mass is 410 g/mol. The van der Waals surface area contributed by atoms with Crippen molar-refractivity contribution in [3.8, 4) is 6.07 Å². The number of nitrogens with zero attached hydrogens (tertiary/aromatic N) is 1. The van der Waals surface area contributed by atoms with Crippen LogP contribution in [-0.2, 0) is 4.74 Å². The third kappa shape index (κ3) is 4.67. The summed E-state index contributed by atoms with van der Waals surface area (Å²) in [6, 6.07) is 7.55. The highest BCUT2D eigenvalue weighted by atomic mass is 35.5. The summed E-state index contributed by atoms with van der Waals surface area (Å²) in [4.78, 5) is 38.5. The third-order valence-electron chi connectivity index (χ3n) is 3.20. The Kier molecular flexibility index (Phi) is 6.86. The summed E-state index contributed by atoms with van der Waals surface area (Å²) < 4.78 is 4.77. The highest BCUT2D eigenvalue weighted by Gasteiger charge is 2.18. The second-order valence-electron chi connectivity index (χ2n) is 4.92. The molecule has 0 fully saturated rings. The molecule has 0 amide bonds. The Morgan fingerprint density at radius 2 is 2.00 bits per heavy atom. The lowest BCUT2D eigenvalue weighted by atomic mass is 10.1. The molecule has 26 heavy (non-hydrogen) atoms. The van der Waals surface area contributed by atoms with Crippen LogP contribution in [0, 0.1) is 11.3 Å². The van der Waals surface area contributed by atoms with Gasteiger partial charge in [-0.1, -0.05) is 35.0 Å². The first kappa shape index (κ1) is 20.0. The number of nitrogens with one attached hydrogen (secondary N) is 1. The smallest absolute Gasteiger partial charge is 0.343 e. The molecular formula is C17H12Cl2N2O4S.